The van der Waals surface area contributed by atoms with Gasteiger partial charge in [0, 0.05) is 25.1 Å². The molecule has 4 nitrogen and oxygen atoms in total. The number of carbonyl (C=O) groups is 1. The van der Waals surface area contributed by atoms with Crippen molar-refractivity contribution in [1.29, 1.82) is 0 Å². The predicted octanol–water partition coefficient (Wildman–Crippen LogP) is 1.35. The predicted molar refractivity (Wildman–Crippen MR) is 70.2 cm³/mol. The van der Waals surface area contributed by atoms with Crippen molar-refractivity contribution in [2.24, 2.45) is 5.92 Å². The van der Waals surface area contributed by atoms with Crippen molar-refractivity contribution in [2.75, 3.05) is 20.1 Å². The lowest BCUT2D eigenvalue weighted by molar-refractivity contribution is -0.125. The third kappa shape index (κ3) is 3.01. The summed E-state index contributed by atoms with van der Waals surface area (Å²) < 4.78 is 0. The molecule has 0 aliphatic carbocycles. The number of phenolic OH excluding ortho intramolecular Hbond substituents is 1. The largest absolute Gasteiger partial charge is 0.508 e. The van der Waals surface area contributed by atoms with Crippen molar-refractivity contribution in [1.82, 2.24) is 10.2 Å². The lowest BCUT2D eigenvalue weighted by Crippen LogP contribution is -2.39. The maximum atomic E-state index is 11.5. The summed E-state index contributed by atoms with van der Waals surface area (Å²) in [6.07, 6.45) is 1.79. The minimum atomic E-state index is 0.149. The Kier molecular flexibility index (Phi) is 4.20. The van der Waals surface area contributed by atoms with Crippen LogP contribution in [0.2, 0.25) is 0 Å². The zero-order valence-electron chi connectivity index (χ0n) is 10.7. The Labute approximate surface area is 108 Å². The first-order valence-corrected chi connectivity index (χ1v) is 6.41. The number of benzene rings is 1. The van der Waals surface area contributed by atoms with Gasteiger partial charge in [-0.15, -0.1) is 0 Å². The number of piperidine rings is 1. The molecule has 0 aromatic heterocycles. The van der Waals surface area contributed by atoms with E-state index in [0.29, 0.717) is 5.75 Å². The molecule has 0 radical (unpaired) electrons. The number of nitrogens with one attached hydrogen (secondary N) is 1. The van der Waals surface area contributed by atoms with Crippen LogP contribution in [0.15, 0.2) is 24.3 Å². The molecular weight excluding hydrogens is 228 g/mol. The molecule has 98 valence electrons. The van der Waals surface area contributed by atoms with Crippen molar-refractivity contribution in [3.05, 3.63) is 29.8 Å². The van der Waals surface area contributed by atoms with Crippen LogP contribution >= 0.6 is 0 Å². The first kappa shape index (κ1) is 12.9. The van der Waals surface area contributed by atoms with Crippen LogP contribution in [0.1, 0.15) is 18.4 Å². The van der Waals surface area contributed by atoms with Gasteiger partial charge >= 0.3 is 0 Å². The normalized spacial score (nSPS) is 17.6. The average molecular weight is 248 g/mol. The first-order valence-electron chi connectivity index (χ1n) is 6.41. The van der Waals surface area contributed by atoms with E-state index in [1.165, 1.54) is 0 Å². The Balaban J connectivity index is 1.87. The van der Waals surface area contributed by atoms with Crippen LogP contribution in [0.3, 0.4) is 0 Å². The Morgan fingerprint density at radius 2 is 2.06 bits per heavy atom. The van der Waals surface area contributed by atoms with E-state index in [2.05, 4.69) is 10.2 Å². The van der Waals surface area contributed by atoms with Gasteiger partial charge in [0.15, 0.2) is 0 Å². The summed E-state index contributed by atoms with van der Waals surface area (Å²) >= 11 is 0. The second-order valence-electron chi connectivity index (χ2n) is 4.79. The van der Waals surface area contributed by atoms with Crippen molar-refractivity contribution in [3.8, 4) is 5.75 Å². The zero-order valence-corrected chi connectivity index (χ0v) is 10.7. The van der Waals surface area contributed by atoms with Crippen LogP contribution in [-0.4, -0.2) is 36.1 Å². The van der Waals surface area contributed by atoms with E-state index < -0.39 is 0 Å². The number of hydrogen-bond donors (Lipinski definition) is 2. The molecule has 18 heavy (non-hydrogen) atoms. The fourth-order valence-electron chi connectivity index (χ4n) is 2.44. The SMILES string of the molecule is CNC(=O)C1CCN(Cc2ccccc2O)CC1. The standard InChI is InChI=1S/C14H20N2O2/c1-15-14(18)11-6-8-16(9-7-11)10-12-4-2-3-5-13(12)17/h2-5,11,17H,6-10H2,1H3,(H,15,18). The molecule has 0 unspecified atom stereocenters. The summed E-state index contributed by atoms with van der Waals surface area (Å²) in [7, 11) is 1.69. The highest BCUT2D eigenvalue weighted by atomic mass is 16.3. The fourth-order valence-corrected chi connectivity index (χ4v) is 2.44. The molecule has 0 spiro atoms. The molecule has 1 aliphatic rings. The van der Waals surface area contributed by atoms with Crippen LogP contribution in [0.25, 0.3) is 0 Å². The highest BCUT2D eigenvalue weighted by molar-refractivity contribution is 5.78. The number of para-hydroxylation sites is 1. The third-order valence-electron chi connectivity index (χ3n) is 3.59. The van der Waals surface area contributed by atoms with E-state index in [0.717, 1.165) is 38.0 Å². The molecular formula is C14H20N2O2. The smallest absolute Gasteiger partial charge is 0.222 e. The minimum absolute atomic E-state index is 0.149. The van der Waals surface area contributed by atoms with Crippen LogP contribution in [0.5, 0.6) is 5.75 Å². The fraction of sp³-hybridized carbons (Fsp3) is 0.500. The molecule has 1 amide bonds. The number of aromatic hydroxyl groups is 1. The van der Waals surface area contributed by atoms with Crippen molar-refractivity contribution < 1.29 is 9.90 Å². The van der Waals surface area contributed by atoms with Gasteiger partial charge in [0.25, 0.3) is 0 Å². The number of likely N-dealkylation sites (tertiary alicyclic amines) is 1. The highest BCUT2D eigenvalue weighted by Gasteiger charge is 2.24. The Hall–Kier alpha value is -1.55. The monoisotopic (exact) mass is 248 g/mol. The lowest BCUT2D eigenvalue weighted by Gasteiger charge is -2.31. The number of phenols is 1. The molecule has 1 aromatic carbocycles. The van der Waals surface area contributed by atoms with Gasteiger partial charge in [-0.3, -0.25) is 9.69 Å². The summed E-state index contributed by atoms with van der Waals surface area (Å²) in [5, 5.41) is 12.4. The molecule has 1 aromatic rings. The van der Waals surface area contributed by atoms with E-state index in [1.54, 1.807) is 13.1 Å². The van der Waals surface area contributed by atoms with Gasteiger partial charge in [0.2, 0.25) is 5.91 Å². The number of rotatable bonds is 3. The molecule has 1 aliphatic heterocycles. The second kappa shape index (κ2) is 5.87. The van der Waals surface area contributed by atoms with E-state index in [4.69, 9.17) is 0 Å². The third-order valence-corrected chi connectivity index (χ3v) is 3.59. The van der Waals surface area contributed by atoms with Crippen LogP contribution in [-0.2, 0) is 11.3 Å². The van der Waals surface area contributed by atoms with Gasteiger partial charge < -0.3 is 10.4 Å². The summed E-state index contributed by atoms with van der Waals surface area (Å²) in [6.45, 7) is 2.58. The molecule has 1 fully saturated rings. The van der Waals surface area contributed by atoms with E-state index in [-0.39, 0.29) is 11.8 Å². The molecule has 2 rings (SSSR count). The second-order valence-corrected chi connectivity index (χ2v) is 4.79. The van der Waals surface area contributed by atoms with Crippen molar-refractivity contribution in [2.45, 2.75) is 19.4 Å². The summed E-state index contributed by atoms with van der Waals surface area (Å²) in [5.41, 5.74) is 0.955. The molecule has 0 atom stereocenters. The molecule has 4 heteroatoms. The average Bonchev–Trinajstić information content (AvgIpc) is 2.41. The molecule has 1 saturated heterocycles. The maximum absolute atomic E-state index is 11.5. The molecule has 2 N–H and O–H groups in total. The summed E-state index contributed by atoms with van der Waals surface area (Å²) in [4.78, 5) is 13.8. The Morgan fingerprint density at radius 3 is 2.67 bits per heavy atom. The van der Waals surface area contributed by atoms with Crippen LogP contribution < -0.4 is 5.32 Å². The first-order chi connectivity index (χ1) is 8.70. The van der Waals surface area contributed by atoms with Crippen LogP contribution in [0, 0.1) is 5.92 Å². The van der Waals surface area contributed by atoms with Crippen molar-refractivity contribution >= 4 is 5.91 Å². The molecule has 0 bridgehead atoms. The van der Waals surface area contributed by atoms with Gasteiger partial charge in [-0.1, -0.05) is 18.2 Å². The minimum Gasteiger partial charge on any atom is -0.508 e. The number of amides is 1. The van der Waals surface area contributed by atoms with Crippen LogP contribution in [0.4, 0.5) is 0 Å². The Morgan fingerprint density at radius 1 is 1.39 bits per heavy atom. The van der Waals surface area contributed by atoms with Gasteiger partial charge in [0.1, 0.15) is 5.75 Å². The summed E-state index contributed by atoms with van der Waals surface area (Å²) in [5.74, 6) is 0.652. The number of hydrogen-bond acceptors (Lipinski definition) is 3. The Bertz CT molecular complexity index is 412. The van der Waals surface area contributed by atoms with Gasteiger partial charge in [0.05, 0.1) is 0 Å². The maximum Gasteiger partial charge on any atom is 0.222 e. The topological polar surface area (TPSA) is 52.6 Å². The summed E-state index contributed by atoms with van der Waals surface area (Å²) in [6, 6.07) is 7.43. The molecule has 1 heterocycles. The van der Waals surface area contributed by atoms with Gasteiger partial charge in [-0.2, -0.15) is 0 Å². The van der Waals surface area contributed by atoms with E-state index in [9.17, 15) is 9.90 Å². The number of carbonyl (C=O) groups excluding carboxylic acids is 1. The quantitative estimate of drug-likeness (QED) is 0.849. The van der Waals surface area contributed by atoms with E-state index in [1.807, 2.05) is 18.2 Å². The van der Waals surface area contributed by atoms with E-state index >= 15 is 0 Å². The highest BCUT2D eigenvalue weighted by Crippen LogP contribution is 2.22. The van der Waals surface area contributed by atoms with Crippen molar-refractivity contribution in [3.63, 3.8) is 0 Å². The zero-order chi connectivity index (χ0) is 13.0. The number of nitrogens with zero attached hydrogens (tertiary/aromatic N) is 1. The van der Waals surface area contributed by atoms with Gasteiger partial charge in [-0.25, -0.2) is 0 Å². The molecule has 0 saturated carbocycles. The van der Waals surface area contributed by atoms with Gasteiger partial charge in [-0.05, 0) is 32.0 Å². The lowest BCUT2D eigenvalue weighted by atomic mass is 9.95.